The smallest absolute Gasteiger partial charge is 0.122 e. The Labute approximate surface area is 112 Å². The molecule has 0 fully saturated rings. The number of ether oxygens (including phenoxy) is 1. The van der Waals surface area contributed by atoms with E-state index < -0.39 is 0 Å². The van der Waals surface area contributed by atoms with Crippen LogP contribution in [0.5, 0.6) is 5.75 Å². The van der Waals surface area contributed by atoms with Gasteiger partial charge in [0.25, 0.3) is 0 Å². The molecular weight excluding hydrogens is 244 g/mol. The molecule has 0 radical (unpaired) electrons. The fourth-order valence-electron chi connectivity index (χ4n) is 2.07. The molecule has 0 spiro atoms. The van der Waals surface area contributed by atoms with Crippen molar-refractivity contribution in [2.24, 2.45) is 0 Å². The fraction of sp³-hybridized carbons (Fsp3) is 0.333. The summed E-state index contributed by atoms with van der Waals surface area (Å²) in [5.74, 6) is 0.852. The maximum Gasteiger partial charge on any atom is 0.122 e. The molecule has 0 aliphatic heterocycles. The van der Waals surface area contributed by atoms with Crippen molar-refractivity contribution in [2.75, 3.05) is 7.11 Å². The quantitative estimate of drug-likeness (QED) is 0.896. The van der Waals surface area contributed by atoms with E-state index in [0.29, 0.717) is 12.8 Å². The minimum Gasteiger partial charge on any atom is -0.496 e. The standard InChI is InChI=1S/C15H18O2S/c1-11-3-4-15(17-2)13(7-11)9-14(16)8-12-5-6-18-10-12/h3-7,10,14,16H,8-9H2,1-2H3. The number of aliphatic hydroxyl groups excluding tert-OH is 1. The molecule has 0 saturated carbocycles. The predicted octanol–water partition coefficient (Wildman–Crippen LogP) is 3.21. The van der Waals surface area contributed by atoms with Gasteiger partial charge < -0.3 is 9.84 Å². The minimum atomic E-state index is -0.365. The van der Waals surface area contributed by atoms with E-state index in [1.807, 2.05) is 24.4 Å². The zero-order valence-electron chi connectivity index (χ0n) is 10.7. The number of hydrogen-bond acceptors (Lipinski definition) is 3. The van der Waals surface area contributed by atoms with Crippen LogP contribution < -0.4 is 4.74 Å². The van der Waals surface area contributed by atoms with Crippen LogP contribution in [0.25, 0.3) is 0 Å². The first-order valence-electron chi connectivity index (χ1n) is 6.01. The molecule has 3 heteroatoms. The molecule has 1 N–H and O–H groups in total. The summed E-state index contributed by atoms with van der Waals surface area (Å²) in [6, 6.07) is 8.12. The maximum atomic E-state index is 10.1. The van der Waals surface area contributed by atoms with Crippen LogP contribution >= 0.6 is 11.3 Å². The van der Waals surface area contributed by atoms with Gasteiger partial charge in [-0.25, -0.2) is 0 Å². The van der Waals surface area contributed by atoms with Crippen molar-refractivity contribution < 1.29 is 9.84 Å². The van der Waals surface area contributed by atoms with E-state index in [9.17, 15) is 5.11 Å². The fourth-order valence-corrected chi connectivity index (χ4v) is 2.76. The molecule has 1 unspecified atom stereocenters. The summed E-state index contributed by atoms with van der Waals surface area (Å²) in [5, 5.41) is 14.3. The lowest BCUT2D eigenvalue weighted by Gasteiger charge is -2.13. The van der Waals surface area contributed by atoms with E-state index in [-0.39, 0.29) is 6.10 Å². The molecule has 0 aliphatic carbocycles. The zero-order chi connectivity index (χ0) is 13.0. The first kappa shape index (κ1) is 13.1. The maximum absolute atomic E-state index is 10.1. The summed E-state index contributed by atoms with van der Waals surface area (Å²) in [4.78, 5) is 0. The van der Waals surface area contributed by atoms with Crippen molar-refractivity contribution in [3.05, 3.63) is 51.7 Å². The van der Waals surface area contributed by atoms with Crippen LogP contribution in [0.1, 0.15) is 16.7 Å². The van der Waals surface area contributed by atoms with Gasteiger partial charge in [0.05, 0.1) is 13.2 Å². The molecule has 18 heavy (non-hydrogen) atoms. The average molecular weight is 262 g/mol. The van der Waals surface area contributed by atoms with Crippen LogP contribution in [0.2, 0.25) is 0 Å². The Morgan fingerprint density at radius 3 is 2.78 bits per heavy atom. The second-order valence-corrected chi connectivity index (χ2v) is 5.29. The lowest BCUT2D eigenvalue weighted by atomic mass is 10.0. The zero-order valence-corrected chi connectivity index (χ0v) is 11.5. The molecule has 1 aromatic carbocycles. The molecular formula is C15H18O2S. The summed E-state index contributed by atoms with van der Waals surface area (Å²) < 4.78 is 5.33. The summed E-state index contributed by atoms with van der Waals surface area (Å²) in [6.07, 6.45) is 0.955. The van der Waals surface area contributed by atoms with Gasteiger partial charge in [-0.05, 0) is 47.4 Å². The van der Waals surface area contributed by atoms with Gasteiger partial charge in [0.2, 0.25) is 0 Å². The van der Waals surface area contributed by atoms with Crippen LogP contribution in [0.15, 0.2) is 35.0 Å². The number of aryl methyl sites for hydroxylation is 1. The Morgan fingerprint density at radius 2 is 2.11 bits per heavy atom. The molecule has 1 atom stereocenters. The van der Waals surface area contributed by atoms with Crippen molar-refractivity contribution in [1.29, 1.82) is 0 Å². The van der Waals surface area contributed by atoms with Gasteiger partial charge in [0, 0.05) is 6.42 Å². The summed E-state index contributed by atoms with van der Waals surface area (Å²) in [6.45, 7) is 2.05. The molecule has 0 aliphatic rings. The third kappa shape index (κ3) is 3.34. The summed E-state index contributed by atoms with van der Waals surface area (Å²) in [5.41, 5.74) is 3.45. The first-order valence-corrected chi connectivity index (χ1v) is 6.96. The number of methoxy groups -OCH3 is 1. The van der Waals surface area contributed by atoms with Crippen LogP contribution in [-0.4, -0.2) is 18.3 Å². The highest BCUT2D eigenvalue weighted by atomic mass is 32.1. The van der Waals surface area contributed by atoms with E-state index in [0.717, 1.165) is 11.3 Å². The SMILES string of the molecule is COc1ccc(C)cc1CC(O)Cc1ccsc1. The largest absolute Gasteiger partial charge is 0.496 e. The number of aliphatic hydroxyl groups is 1. The van der Waals surface area contributed by atoms with E-state index in [4.69, 9.17) is 4.74 Å². The van der Waals surface area contributed by atoms with Gasteiger partial charge in [-0.2, -0.15) is 11.3 Å². The molecule has 2 aromatic rings. The summed E-state index contributed by atoms with van der Waals surface area (Å²) in [7, 11) is 1.67. The van der Waals surface area contributed by atoms with Crippen molar-refractivity contribution >= 4 is 11.3 Å². The third-order valence-corrected chi connectivity index (χ3v) is 3.67. The number of thiophene rings is 1. The van der Waals surface area contributed by atoms with Gasteiger partial charge in [0.15, 0.2) is 0 Å². The number of benzene rings is 1. The minimum absolute atomic E-state index is 0.365. The second-order valence-electron chi connectivity index (χ2n) is 4.51. The Morgan fingerprint density at radius 1 is 1.28 bits per heavy atom. The monoisotopic (exact) mass is 262 g/mol. The van der Waals surface area contributed by atoms with Gasteiger partial charge in [-0.3, -0.25) is 0 Å². The molecule has 0 bridgehead atoms. The van der Waals surface area contributed by atoms with Crippen LogP contribution in [0.4, 0.5) is 0 Å². The van der Waals surface area contributed by atoms with Crippen molar-refractivity contribution in [3.63, 3.8) is 0 Å². The van der Waals surface area contributed by atoms with Crippen molar-refractivity contribution in [3.8, 4) is 5.75 Å². The van der Waals surface area contributed by atoms with Crippen LogP contribution in [0.3, 0.4) is 0 Å². The highest BCUT2D eigenvalue weighted by molar-refractivity contribution is 7.07. The van der Waals surface area contributed by atoms with Gasteiger partial charge >= 0.3 is 0 Å². The van der Waals surface area contributed by atoms with Crippen LogP contribution in [-0.2, 0) is 12.8 Å². The Bertz CT molecular complexity index is 491. The molecule has 0 amide bonds. The first-order chi connectivity index (χ1) is 8.69. The average Bonchev–Trinajstić information content (AvgIpc) is 2.82. The highest BCUT2D eigenvalue weighted by Crippen LogP contribution is 2.22. The van der Waals surface area contributed by atoms with Crippen molar-refractivity contribution in [1.82, 2.24) is 0 Å². The lowest BCUT2D eigenvalue weighted by molar-refractivity contribution is 0.174. The van der Waals surface area contributed by atoms with E-state index in [2.05, 4.69) is 17.5 Å². The summed E-state index contributed by atoms with van der Waals surface area (Å²) >= 11 is 1.66. The Hall–Kier alpha value is -1.32. The molecule has 0 saturated heterocycles. The van der Waals surface area contributed by atoms with Crippen molar-refractivity contribution in [2.45, 2.75) is 25.9 Å². The Kier molecular flexibility index (Phi) is 4.39. The van der Waals surface area contributed by atoms with E-state index in [1.54, 1.807) is 18.4 Å². The molecule has 96 valence electrons. The molecule has 1 heterocycles. The van der Waals surface area contributed by atoms with E-state index in [1.165, 1.54) is 11.1 Å². The molecule has 2 rings (SSSR count). The lowest BCUT2D eigenvalue weighted by Crippen LogP contribution is -2.14. The van der Waals surface area contributed by atoms with Gasteiger partial charge in [0.1, 0.15) is 5.75 Å². The Balaban J connectivity index is 2.06. The van der Waals surface area contributed by atoms with Gasteiger partial charge in [-0.15, -0.1) is 0 Å². The van der Waals surface area contributed by atoms with Gasteiger partial charge in [-0.1, -0.05) is 17.7 Å². The van der Waals surface area contributed by atoms with Crippen LogP contribution in [0, 0.1) is 6.92 Å². The normalized spacial score (nSPS) is 12.4. The number of rotatable bonds is 5. The molecule has 1 aromatic heterocycles. The topological polar surface area (TPSA) is 29.5 Å². The third-order valence-electron chi connectivity index (χ3n) is 2.94. The van der Waals surface area contributed by atoms with E-state index >= 15 is 0 Å². The molecule has 2 nitrogen and oxygen atoms in total. The second kappa shape index (κ2) is 6.03. The predicted molar refractivity (Wildman–Crippen MR) is 75.5 cm³/mol. The highest BCUT2D eigenvalue weighted by Gasteiger charge is 2.11. The number of hydrogen-bond donors (Lipinski definition) is 1.